The van der Waals surface area contributed by atoms with Crippen LogP contribution in [0.3, 0.4) is 0 Å². The summed E-state index contributed by atoms with van der Waals surface area (Å²) in [7, 11) is 1.29. The lowest BCUT2D eigenvalue weighted by Crippen LogP contribution is -2.14. The molecule has 0 spiro atoms. The Morgan fingerprint density at radius 3 is 2.36 bits per heavy atom. The Labute approximate surface area is 167 Å². The minimum Gasteiger partial charge on any atom is -0.465 e. The summed E-state index contributed by atoms with van der Waals surface area (Å²) in [5.41, 5.74) is 3.62. The highest BCUT2D eigenvalue weighted by Gasteiger charge is 2.15. The average molecular weight is 395 g/mol. The first kappa shape index (κ1) is 19.7. The highest BCUT2D eigenvalue weighted by molar-refractivity contribution is 7.14. The fourth-order valence-electron chi connectivity index (χ4n) is 2.53. The monoisotopic (exact) mass is 395 g/mol. The number of methoxy groups -OCH3 is 1. The van der Waals surface area contributed by atoms with Crippen molar-refractivity contribution in [3.63, 3.8) is 0 Å². The van der Waals surface area contributed by atoms with Gasteiger partial charge in [-0.25, -0.2) is 9.78 Å². The van der Waals surface area contributed by atoms with E-state index in [2.05, 4.69) is 52.9 Å². The molecule has 6 nitrogen and oxygen atoms in total. The van der Waals surface area contributed by atoms with E-state index in [4.69, 9.17) is 0 Å². The number of nitrogens with one attached hydrogen (secondary N) is 1. The van der Waals surface area contributed by atoms with Crippen molar-refractivity contribution in [2.24, 2.45) is 0 Å². The second-order valence-electron chi connectivity index (χ2n) is 7.24. The van der Waals surface area contributed by atoms with E-state index >= 15 is 0 Å². The van der Waals surface area contributed by atoms with Crippen LogP contribution in [0.4, 0.5) is 5.13 Å². The first-order valence-corrected chi connectivity index (χ1v) is 9.58. The Bertz CT molecular complexity index is 987. The SMILES string of the molecule is COC(=O)c1ccc(C(=O)Nc2nc(-c3ccc(C(C)(C)C)cc3)cs2)nc1. The highest BCUT2D eigenvalue weighted by Crippen LogP contribution is 2.28. The highest BCUT2D eigenvalue weighted by atomic mass is 32.1. The van der Waals surface area contributed by atoms with Crippen molar-refractivity contribution < 1.29 is 14.3 Å². The maximum Gasteiger partial charge on any atom is 0.339 e. The molecule has 3 aromatic rings. The van der Waals surface area contributed by atoms with E-state index in [1.54, 1.807) is 0 Å². The molecule has 0 atom stereocenters. The Morgan fingerprint density at radius 2 is 1.79 bits per heavy atom. The second-order valence-corrected chi connectivity index (χ2v) is 8.10. The molecule has 0 aliphatic rings. The van der Waals surface area contributed by atoms with Crippen molar-refractivity contribution in [2.75, 3.05) is 12.4 Å². The van der Waals surface area contributed by atoms with Crippen LogP contribution in [0.15, 0.2) is 48.0 Å². The van der Waals surface area contributed by atoms with Crippen LogP contribution in [-0.2, 0) is 10.2 Å². The van der Waals surface area contributed by atoms with Gasteiger partial charge < -0.3 is 4.74 Å². The molecule has 2 heterocycles. The van der Waals surface area contributed by atoms with Crippen molar-refractivity contribution >= 4 is 28.3 Å². The molecule has 0 unspecified atom stereocenters. The van der Waals surface area contributed by atoms with Crippen molar-refractivity contribution in [1.82, 2.24) is 9.97 Å². The topological polar surface area (TPSA) is 81.2 Å². The number of aromatic nitrogens is 2. The summed E-state index contributed by atoms with van der Waals surface area (Å²) in [6, 6.07) is 11.2. The quantitative estimate of drug-likeness (QED) is 0.656. The van der Waals surface area contributed by atoms with Crippen molar-refractivity contribution in [1.29, 1.82) is 0 Å². The maximum absolute atomic E-state index is 12.3. The molecule has 0 aliphatic carbocycles. The van der Waals surface area contributed by atoms with Crippen LogP contribution in [0.25, 0.3) is 11.3 Å². The van der Waals surface area contributed by atoms with Gasteiger partial charge in [-0.3, -0.25) is 15.1 Å². The van der Waals surface area contributed by atoms with Crippen LogP contribution in [-0.4, -0.2) is 29.0 Å². The van der Waals surface area contributed by atoms with Gasteiger partial charge in [-0.1, -0.05) is 45.0 Å². The molecule has 1 amide bonds. The number of hydrogen-bond donors (Lipinski definition) is 1. The largest absolute Gasteiger partial charge is 0.465 e. The molecule has 0 bridgehead atoms. The summed E-state index contributed by atoms with van der Waals surface area (Å²) >= 11 is 1.34. The molecule has 7 heteroatoms. The Morgan fingerprint density at radius 1 is 1.07 bits per heavy atom. The van der Waals surface area contributed by atoms with Crippen LogP contribution in [0.2, 0.25) is 0 Å². The molecular formula is C21H21N3O3S. The Kier molecular flexibility index (Phi) is 5.56. The molecule has 3 rings (SSSR count). The van der Waals surface area contributed by atoms with Crippen molar-refractivity contribution in [3.8, 4) is 11.3 Å². The lowest BCUT2D eigenvalue weighted by molar-refractivity contribution is 0.0600. The van der Waals surface area contributed by atoms with E-state index in [1.165, 1.54) is 42.3 Å². The zero-order valence-corrected chi connectivity index (χ0v) is 17.0. The number of benzene rings is 1. The van der Waals surface area contributed by atoms with Crippen LogP contribution >= 0.6 is 11.3 Å². The van der Waals surface area contributed by atoms with Gasteiger partial charge in [0, 0.05) is 17.1 Å². The van der Waals surface area contributed by atoms with Gasteiger partial charge >= 0.3 is 5.97 Å². The fraction of sp³-hybridized carbons (Fsp3) is 0.238. The molecule has 28 heavy (non-hydrogen) atoms. The normalized spacial score (nSPS) is 11.1. The molecule has 1 N–H and O–H groups in total. The molecule has 1 aromatic carbocycles. The average Bonchev–Trinajstić information content (AvgIpc) is 3.15. The fourth-order valence-corrected chi connectivity index (χ4v) is 3.25. The minimum atomic E-state index is -0.499. The number of anilines is 1. The second kappa shape index (κ2) is 7.90. The van der Waals surface area contributed by atoms with Gasteiger partial charge in [-0.2, -0.15) is 0 Å². The van der Waals surface area contributed by atoms with E-state index in [0.717, 1.165) is 11.3 Å². The molecule has 2 aromatic heterocycles. The van der Waals surface area contributed by atoms with Gasteiger partial charge in [0.2, 0.25) is 0 Å². The lowest BCUT2D eigenvalue weighted by Gasteiger charge is -2.18. The number of amides is 1. The van der Waals surface area contributed by atoms with Crippen molar-refractivity contribution in [2.45, 2.75) is 26.2 Å². The summed E-state index contributed by atoms with van der Waals surface area (Å²) in [6.45, 7) is 6.51. The van der Waals surface area contributed by atoms with Gasteiger partial charge in [0.25, 0.3) is 5.91 Å². The van der Waals surface area contributed by atoms with Crippen LogP contribution in [0, 0.1) is 0 Å². The molecule has 0 aliphatic heterocycles. The van der Waals surface area contributed by atoms with Gasteiger partial charge in [0.1, 0.15) is 5.69 Å². The number of carbonyl (C=O) groups is 2. The number of carbonyl (C=O) groups excluding carboxylic acids is 2. The van der Waals surface area contributed by atoms with Crippen LogP contribution in [0.1, 0.15) is 47.2 Å². The molecule has 0 saturated carbocycles. The van der Waals surface area contributed by atoms with Gasteiger partial charge in [-0.05, 0) is 23.1 Å². The summed E-state index contributed by atoms with van der Waals surface area (Å²) in [6.07, 6.45) is 1.31. The van der Waals surface area contributed by atoms with E-state index in [-0.39, 0.29) is 22.6 Å². The third kappa shape index (κ3) is 4.43. The number of esters is 1. The zero-order chi connectivity index (χ0) is 20.3. The molecule has 0 radical (unpaired) electrons. The predicted molar refractivity (Wildman–Crippen MR) is 110 cm³/mol. The summed E-state index contributed by atoms with van der Waals surface area (Å²) in [5, 5.41) is 5.12. The third-order valence-corrected chi connectivity index (χ3v) is 4.95. The molecule has 0 saturated heterocycles. The first-order valence-electron chi connectivity index (χ1n) is 8.70. The van der Waals surface area contributed by atoms with E-state index in [9.17, 15) is 9.59 Å². The van der Waals surface area contributed by atoms with Gasteiger partial charge in [0.05, 0.1) is 18.4 Å². The first-order chi connectivity index (χ1) is 13.3. The minimum absolute atomic E-state index is 0.0934. The standard InChI is InChI=1S/C21H21N3O3S/c1-21(2,3)15-8-5-13(6-9-15)17-12-28-20(23-17)24-18(25)16-10-7-14(11-22-16)19(26)27-4/h5-12H,1-4H3,(H,23,24,25). The summed E-state index contributed by atoms with van der Waals surface area (Å²) in [5.74, 6) is -0.887. The number of thiazole rings is 1. The van der Waals surface area contributed by atoms with E-state index in [1.807, 2.05) is 17.5 Å². The van der Waals surface area contributed by atoms with Crippen LogP contribution in [0.5, 0.6) is 0 Å². The van der Waals surface area contributed by atoms with Gasteiger partial charge in [0.15, 0.2) is 5.13 Å². The van der Waals surface area contributed by atoms with Crippen LogP contribution < -0.4 is 5.32 Å². The number of nitrogens with zero attached hydrogens (tertiary/aromatic N) is 2. The predicted octanol–water partition coefficient (Wildman–Crippen LogP) is 4.54. The van der Waals surface area contributed by atoms with Gasteiger partial charge in [-0.15, -0.1) is 11.3 Å². The number of pyridine rings is 1. The zero-order valence-electron chi connectivity index (χ0n) is 16.1. The smallest absolute Gasteiger partial charge is 0.339 e. The number of hydrogen-bond acceptors (Lipinski definition) is 6. The summed E-state index contributed by atoms with van der Waals surface area (Å²) in [4.78, 5) is 32.3. The molecule has 144 valence electrons. The molecular weight excluding hydrogens is 374 g/mol. The van der Waals surface area contributed by atoms with Crippen molar-refractivity contribution in [3.05, 3.63) is 64.8 Å². The lowest BCUT2D eigenvalue weighted by atomic mass is 9.86. The Balaban J connectivity index is 1.70. The Hall–Kier alpha value is -3.06. The number of ether oxygens (including phenoxy) is 1. The summed E-state index contributed by atoms with van der Waals surface area (Å²) < 4.78 is 4.62. The van der Waals surface area contributed by atoms with E-state index < -0.39 is 5.97 Å². The van der Waals surface area contributed by atoms with E-state index in [0.29, 0.717) is 5.13 Å². The maximum atomic E-state index is 12.3. The third-order valence-electron chi connectivity index (χ3n) is 4.19. The number of rotatable bonds is 4. The molecule has 0 fully saturated rings.